The maximum absolute atomic E-state index is 13.7. The molecule has 2 rings (SSSR count). The van der Waals surface area contributed by atoms with Gasteiger partial charge in [0.2, 0.25) is 0 Å². The van der Waals surface area contributed by atoms with E-state index in [9.17, 15) is 4.39 Å². The minimum Gasteiger partial charge on any atom is -0.488 e. The van der Waals surface area contributed by atoms with Crippen molar-refractivity contribution in [1.29, 1.82) is 0 Å². The lowest BCUT2D eigenvalue weighted by atomic mass is 10.1. The van der Waals surface area contributed by atoms with Crippen LogP contribution in [0.15, 0.2) is 18.2 Å². The molecule has 1 aromatic rings. The van der Waals surface area contributed by atoms with Gasteiger partial charge in [-0.3, -0.25) is 0 Å². The normalized spacial score (nSPS) is 21.6. The molecular formula is C14H20FNO2. The molecule has 1 saturated heterocycles. The van der Waals surface area contributed by atoms with Crippen LogP contribution in [0, 0.1) is 5.82 Å². The number of halogens is 1. The monoisotopic (exact) mass is 253 g/mol. The predicted molar refractivity (Wildman–Crippen MR) is 68.1 cm³/mol. The largest absolute Gasteiger partial charge is 0.488 e. The topological polar surface area (TPSA) is 44.5 Å². The van der Waals surface area contributed by atoms with Crippen molar-refractivity contribution in [2.24, 2.45) is 5.73 Å². The van der Waals surface area contributed by atoms with E-state index in [2.05, 4.69) is 0 Å². The Kier molecular flexibility index (Phi) is 4.55. The second kappa shape index (κ2) is 6.16. The molecule has 0 amide bonds. The number of hydrogen-bond acceptors (Lipinski definition) is 3. The summed E-state index contributed by atoms with van der Waals surface area (Å²) >= 11 is 0. The van der Waals surface area contributed by atoms with Crippen molar-refractivity contribution in [2.45, 2.75) is 38.3 Å². The third-order valence-corrected chi connectivity index (χ3v) is 3.18. The van der Waals surface area contributed by atoms with Crippen LogP contribution < -0.4 is 10.5 Å². The third-order valence-electron chi connectivity index (χ3n) is 3.18. The fourth-order valence-electron chi connectivity index (χ4n) is 2.04. The summed E-state index contributed by atoms with van der Waals surface area (Å²) in [5.41, 5.74) is 6.47. The average Bonchev–Trinajstić information content (AvgIpc) is 2.38. The highest BCUT2D eigenvalue weighted by atomic mass is 19.1. The first-order valence-corrected chi connectivity index (χ1v) is 6.46. The minimum atomic E-state index is -0.361. The zero-order chi connectivity index (χ0) is 13.0. The maximum atomic E-state index is 13.7. The molecule has 1 aliphatic heterocycles. The average molecular weight is 253 g/mol. The van der Waals surface area contributed by atoms with Crippen LogP contribution in [0.25, 0.3) is 0 Å². The molecule has 3 nitrogen and oxygen atoms in total. The zero-order valence-corrected chi connectivity index (χ0v) is 10.7. The van der Waals surface area contributed by atoms with Gasteiger partial charge in [-0.25, -0.2) is 4.39 Å². The van der Waals surface area contributed by atoms with E-state index in [0.717, 1.165) is 31.4 Å². The van der Waals surface area contributed by atoms with Crippen molar-refractivity contribution in [2.75, 3.05) is 13.2 Å². The van der Waals surface area contributed by atoms with Crippen molar-refractivity contribution >= 4 is 0 Å². The molecule has 1 heterocycles. The Bertz CT molecular complexity index is 389. The number of hydrogen-bond donors (Lipinski definition) is 1. The third kappa shape index (κ3) is 3.43. The van der Waals surface area contributed by atoms with E-state index in [4.69, 9.17) is 15.2 Å². The smallest absolute Gasteiger partial charge is 0.165 e. The van der Waals surface area contributed by atoms with Crippen molar-refractivity contribution in [1.82, 2.24) is 0 Å². The van der Waals surface area contributed by atoms with Gasteiger partial charge < -0.3 is 15.2 Å². The molecule has 2 atom stereocenters. The van der Waals surface area contributed by atoms with Crippen LogP contribution in [0.2, 0.25) is 0 Å². The van der Waals surface area contributed by atoms with Crippen molar-refractivity contribution in [3.8, 4) is 5.75 Å². The van der Waals surface area contributed by atoms with E-state index in [0.29, 0.717) is 6.61 Å². The van der Waals surface area contributed by atoms with E-state index in [-0.39, 0.29) is 23.7 Å². The molecule has 1 fully saturated rings. The number of rotatable bonds is 4. The first-order valence-electron chi connectivity index (χ1n) is 6.46. The summed E-state index contributed by atoms with van der Waals surface area (Å²) in [7, 11) is 0. The summed E-state index contributed by atoms with van der Waals surface area (Å²) in [5, 5.41) is 0. The summed E-state index contributed by atoms with van der Waals surface area (Å²) in [4.78, 5) is 0. The van der Waals surface area contributed by atoms with Crippen LogP contribution in [-0.4, -0.2) is 19.3 Å². The van der Waals surface area contributed by atoms with Gasteiger partial charge in [-0.15, -0.1) is 0 Å². The number of ether oxygens (including phenoxy) is 2. The molecule has 2 N–H and O–H groups in total. The molecule has 0 saturated carbocycles. The molecule has 4 heteroatoms. The Morgan fingerprint density at radius 3 is 2.94 bits per heavy atom. The van der Waals surface area contributed by atoms with Crippen LogP contribution in [0.5, 0.6) is 5.75 Å². The molecule has 1 aliphatic rings. The molecule has 100 valence electrons. The fraction of sp³-hybridized carbons (Fsp3) is 0.571. The Hall–Kier alpha value is -1.13. The summed E-state index contributed by atoms with van der Waals surface area (Å²) in [5.74, 6) is -0.0887. The lowest BCUT2D eigenvalue weighted by molar-refractivity contribution is -0.0117. The van der Waals surface area contributed by atoms with E-state index >= 15 is 0 Å². The zero-order valence-electron chi connectivity index (χ0n) is 10.7. The van der Waals surface area contributed by atoms with Crippen LogP contribution in [-0.2, 0) is 4.74 Å². The van der Waals surface area contributed by atoms with Gasteiger partial charge in [-0.2, -0.15) is 0 Å². The maximum Gasteiger partial charge on any atom is 0.165 e. The molecule has 0 aliphatic carbocycles. The van der Waals surface area contributed by atoms with Gasteiger partial charge in [0.15, 0.2) is 11.6 Å². The SMILES string of the molecule is C[C@H](N)c1ccc(OC[C@@H]2CCCCO2)c(F)c1. The number of benzene rings is 1. The molecule has 1 aromatic carbocycles. The van der Waals surface area contributed by atoms with Gasteiger partial charge in [0, 0.05) is 12.6 Å². The van der Waals surface area contributed by atoms with E-state index in [1.165, 1.54) is 6.07 Å². The lowest BCUT2D eigenvalue weighted by Crippen LogP contribution is -2.26. The van der Waals surface area contributed by atoms with E-state index in [1.807, 2.05) is 6.92 Å². The second-order valence-corrected chi connectivity index (χ2v) is 4.78. The van der Waals surface area contributed by atoms with Gasteiger partial charge in [-0.05, 0) is 43.9 Å². The van der Waals surface area contributed by atoms with Crippen LogP contribution in [0.4, 0.5) is 4.39 Å². The van der Waals surface area contributed by atoms with Crippen molar-refractivity contribution < 1.29 is 13.9 Å². The highest BCUT2D eigenvalue weighted by molar-refractivity contribution is 5.30. The summed E-state index contributed by atoms with van der Waals surface area (Å²) < 4.78 is 24.7. The Labute approximate surface area is 107 Å². The van der Waals surface area contributed by atoms with E-state index in [1.54, 1.807) is 12.1 Å². The molecule has 0 spiro atoms. The molecular weight excluding hydrogens is 233 g/mol. The van der Waals surface area contributed by atoms with Crippen molar-refractivity contribution in [3.05, 3.63) is 29.6 Å². The van der Waals surface area contributed by atoms with Crippen LogP contribution >= 0.6 is 0 Å². The van der Waals surface area contributed by atoms with Gasteiger partial charge in [0.05, 0.1) is 6.10 Å². The Morgan fingerprint density at radius 1 is 1.50 bits per heavy atom. The predicted octanol–water partition coefficient (Wildman–Crippen LogP) is 2.79. The highest BCUT2D eigenvalue weighted by Gasteiger charge is 2.15. The van der Waals surface area contributed by atoms with E-state index < -0.39 is 0 Å². The van der Waals surface area contributed by atoms with Crippen LogP contribution in [0.3, 0.4) is 0 Å². The minimum absolute atomic E-state index is 0.0891. The molecule has 0 bridgehead atoms. The van der Waals surface area contributed by atoms with Gasteiger partial charge in [0.1, 0.15) is 6.61 Å². The fourth-order valence-corrected chi connectivity index (χ4v) is 2.04. The second-order valence-electron chi connectivity index (χ2n) is 4.78. The quantitative estimate of drug-likeness (QED) is 0.897. The molecule has 0 aromatic heterocycles. The van der Waals surface area contributed by atoms with Gasteiger partial charge >= 0.3 is 0 Å². The van der Waals surface area contributed by atoms with Gasteiger partial charge in [-0.1, -0.05) is 6.07 Å². The standard InChI is InChI=1S/C14H20FNO2/c1-10(16)11-5-6-14(13(15)8-11)18-9-12-4-2-3-7-17-12/h5-6,8,10,12H,2-4,7,9,16H2,1H3/t10-,12-/m0/s1. The first-order chi connectivity index (χ1) is 8.66. The number of nitrogens with two attached hydrogens (primary N) is 1. The lowest BCUT2D eigenvalue weighted by Gasteiger charge is -2.22. The summed E-state index contributed by atoms with van der Waals surface area (Å²) in [6, 6.07) is 4.69. The first kappa shape index (κ1) is 13.3. The van der Waals surface area contributed by atoms with Crippen LogP contribution in [0.1, 0.15) is 37.8 Å². The Morgan fingerprint density at radius 2 is 2.33 bits per heavy atom. The van der Waals surface area contributed by atoms with Crippen molar-refractivity contribution in [3.63, 3.8) is 0 Å². The van der Waals surface area contributed by atoms with Gasteiger partial charge in [0.25, 0.3) is 0 Å². The Balaban J connectivity index is 1.92. The molecule has 0 unspecified atom stereocenters. The highest BCUT2D eigenvalue weighted by Crippen LogP contribution is 2.22. The molecule has 0 radical (unpaired) electrons. The summed E-state index contributed by atoms with van der Waals surface area (Å²) in [6.07, 6.45) is 3.33. The molecule has 18 heavy (non-hydrogen) atoms. The summed E-state index contributed by atoms with van der Waals surface area (Å²) in [6.45, 7) is 3.01.